The van der Waals surface area contributed by atoms with E-state index in [1.54, 1.807) is 0 Å². The zero-order valence-electron chi connectivity index (χ0n) is 8.90. The Morgan fingerprint density at radius 3 is 2.94 bits per heavy atom. The van der Waals surface area contributed by atoms with Crippen LogP contribution in [0.2, 0.25) is 4.34 Å². The molecule has 0 bridgehead atoms. The standard InChI is InChI=1S/C12H10ClN3S/c13-11-10(5-14)16-12(17-11)8-6-15-9-4-2-1-3-7(8)9/h1-4,6,15H,5,14H2. The van der Waals surface area contributed by atoms with Crippen LogP contribution in [0.4, 0.5) is 0 Å². The van der Waals surface area contributed by atoms with Gasteiger partial charge in [-0.2, -0.15) is 0 Å². The van der Waals surface area contributed by atoms with E-state index >= 15 is 0 Å². The molecule has 0 saturated carbocycles. The molecule has 0 aliphatic rings. The number of aromatic amines is 1. The minimum Gasteiger partial charge on any atom is -0.360 e. The summed E-state index contributed by atoms with van der Waals surface area (Å²) in [5, 5.41) is 2.06. The lowest BCUT2D eigenvalue weighted by atomic mass is 10.2. The summed E-state index contributed by atoms with van der Waals surface area (Å²) >= 11 is 7.54. The lowest BCUT2D eigenvalue weighted by Crippen LogP contribution is -1.96. The molecule has 0 aliphatic heterocycles. The Morgan fingerprint density at radius 2 is 2.18 bits per heavy atom. The van der Waals surface area contributed by atoms with Crippen LogP contribution in [0, 0.1) is 0 Å². The Kier molecular flexibility index (Phi) is 2.63. The second kappa shape index (κ2) is 4.14. The summed E-state index contributed by atoms with van der Waals surface area (Å²) in [4.78, 5) is 7.69. The van der Waals surface area contributed by atoms with Gasteiger partial charge in [-0.25, -0.2) is 4.98 Å². The Hall–Kier alpha value is -1.36. The number of hydrogen-bond acceptors (Lipinski definition) is 3. The molecule has 0 spiro atoms. The quantitative estimate of drug-likeness (QED) is 0.744. The first-order valence-corrected chi connectivity index (χ1v) is 6.41. The molecule has 0 fully saturated rings. The minimum absolute atomic E-state index is 0.373. The number of fused-ring (bicyclic) bond motifs is 1. The van der Waals surface area contributed by atoms with Gasteiger partial charge in [-0.1, -0.05) is 29.8 Å². The number of thiazole rings is 1. The van der Waals surface area contributed by atoms with Crippen molar-refractivity contribution in [2.75, 3.05) is 0 Å². The van der Waals surface area contributed by atoms with Crippen molar-refractivity contribution in [1.82, 2.24) is 9.97 Å². The van der Waals surface area contributed by atoms with E-state index in [-0.39, 0.29) is 0 Å². The van der Waals surface area contributed by atoms with E-state index in [0.717, 1.165) is 27.2 Å². The number of benzene rings is 1. The number of nitrogens with zero attached hydrogens (tertiary/aromatic N) is 1. The van der Waals surface area contributed by atoms with Crippen LogP contribution >= 0.6 is 22.9 Å². The number of halogens is 1. The van der Waals surface area contributed by atoms with E-state index in [1.807, 2.05) is 24.4 Å². The molecule has 2 aromatic heterocycles. The Bertz CT molecular complexity index is 671. The Morgan fingerprint density at radius 1 is 1.35 bits per heavy atom. The average Bonchev–Trinajstić information content (AvgIpc) is 2.92. The summed E-state index contributed by atoms with van der Waals surface area (Å²) < 4.78 is 0.674. The highest BCUT2D eigenvalue weighted by Crippen LogP contribution is 2.35. The van der Waals surface area contributed by atoms with E-state index in [1.165, 1.54) is 11.3 Å². The van der Waals surface area contributed by atoms with Gasteiger partial charge < -0.3 is 10.7 Å². The van der Waals surface area contributed by atoms with E-state index in [2.05, 4.69) is 16.0 Å². The molecule has 0 atom stereocenters. The van der Waals surface area contributed by atoms with Crippen LogP contribution in [0.3, 0.4) is 0 Å². The zero-order chi connectivity index (χ0) is 11.8. The molecule has 86 valence electrons. The molecule has 3 nitrogen and oxygen atoms in total. The highest BCUT2D eigenvalue weighted by atomic mass is 35.5. The number of hydrogen-bond donors (Lipinski definition) is 2. The topological polar surface area (TPSA) is 54.7 Å². The lowest BCUT2D eigenvalue weighted by Gasteiger charge is -1.92. The van der Waals surface area contributed by atoms with Gasteiger partial charge in [-0.3, -0.25) is 0 Å². The molecule has 17 heavy (non-hydrogen) atoms. The summed E-state index contributed by atoms with van der Waals surface area (Å²) in [7, 11) is 0. The van der Waals surface area contributed by atoms with Gasteiger partial charge in [-0.05, 0) is 6.07 Å². The maximum Gasteiger partial charge on any atom is 0.127 e. The molecule has 3 N–H and O–H groups in total. The zero-order valence-corrected chi connectivity index (χ0v) is 10.5. The lowest BCUT2D eigenvalue weighted by molar-refractivity contribution is 1.01. The van der Waals surface area contributed by atoms with Crippen LogP contribution in [0.25, 0.3) is 21.5 Å². The molecule has 3 aromatic rings. The molecule has 0 aliphatic carbocycles. The van der Waals surface area contributed by atoms with E-state index < -0.39 is 0 Å². The van der Waals surface area contributed by atoms with Crippen molar-refractivity contribution in [3.05, 3.63) is 40.5 Å². The summed E-state index contributed by atoms with van der Waals surface area (Å²) in [5.41, 5.74) is 8.52. The molecule has 0 radical (unpaired) electrons. The Balaban J connectivity index is 2.20. The third kappa shape index (κ3) is 1.74. The number of nitrogens with one attached hydrogen (secondary N) is 1. The van der Waals surface area contributed by atoms with Gasteiger partial charge >= 0.3 is 0 Å². The summed E-state index contributed by atoms with van der Waals surface area (Å²) in [6, 6.07) is 8.12. The molecule has 3 rings (SSSR count). The molecule has 2 heterocycles. The highest BCUT2D eigenvalue weighted by molar-refractivity contribution is 7.19. The van der Waals surface area contributed by atoms with Gasteiger partial charge in [0, 0.05) is 29.2 Å². The van der Waals surface area contributed by atoms with Crippen molar-refractivity contribution in [2.45, 2.75) is 6.54 Å². The summed E-state index contributed by atoms with van der Waals surface area (Å²) in [6.45, 7) is 0.373. The van der Waals surface area contributed by atoms with Gasteiger partial charge in [0.15, 0.2) is 0 Å². The second-order valence-corrected chi connectivity index (χ2v) is 5.29. The number of nitrogens with two attached hydrogens (primary N) is 1. The Labute approximate surface area is 107 Å². The largest absolute Gasteiger partial charge is 0.360 e. The first-order chi connectivity index (χ1) is 8.29. The molecule has 5 heteroatoms. The fourth-order valence-corrected chi connectivity index (χ4v) is 3.01. The van der Waals surface area contributed by atoms with Crippen molar-refractivity contribution >= 4 is 33.8 Å². The van der Waals surface area contributed by atoms with Crippen LogP contribution in [-0.2, 0) is 6.54 Å². The number of rotatable bonds is 2. The second-order valence-electron chi connectivity index (χ2n) is 3.69. The molecule has 0 amide bonds. The van der Waals surface area contributed by atoms with Gasteiger partial charge in [0.25, 0.3) is 0 Å². The smallest absolute Gasteiger partial charge is 0.127 e. The van der Waals surface area contributed by atoms with Crippen molar-refractivity contribution in [1.29, 1.82) is 0 Å². The summed E-state index contributed by atoms with van der Waals surface area (Å²) in [5.74, 6) is 0. The van der Waals surface area contributed by atoms with E-state index in [4.69, 9.17) is 17.3 Å². The van der Waals surface area contributed by atoms with Gasteiger partial charge in [0.1, 0.15) is 9.34 Å². The van der Waals surface area contributed by atoms with Crippen LogP contribution in [0.1, 0.15) is 5.69 Å². The fourth-order valence-electron chi connectivity index (χ4n) is 1.82. The number of H-pyrrole nitrogens is 1. The maximum absolute atomic E-state index is 6.08. The summed E-state index contributed by atoms with van der Waals surface area (Å²) in [6.07, 6.45) is 1.96. The van der Waals surface area contributed by atoms with Gasteiger partial charge in [-0.15, -0.1) is 11.3 Å². The van der Waals surface area contributed by atoms with Crippen LogP contribution in [0.15, 0.2) is 30.5 Å². The fraction of sp³-hybridized carbons (Fsp3) is 0.0833. The SMILES string of the molecule is NCc1nc(-c2c[nH]c3ccccc23)sc1Cl. The van der Waals surface area contributed by atoms with Crippen LogP contribution in [-0.4, -0.2) is 9.97 Å². The van der Waals surface area contributed by atoms with Crippen LogP contribution in [0.5, 0.6) is 0 Å². The first-order valence-electron chi connectivity index (χ1n) is 5.21. The third-order valence-electron chi connectivity index (χ3n) is 2.66. The van der Waals surface area contributed by atoms with Gasteiger partial charge in [0.05, 0.1) is 5.69 Å². The number of aromatic nitrogens is 2. The normalized spacial score (nSPS) is 11.2. The molecule has 0 unspecified atom stereocenters. The molecule has 1 aromatic carbocycles. The van der Waals surface area contributed by atoms with Crippen molar-refractivity contribution in [3.8, 4) is 10.6 Å². The van der Waals surface area contributed by atoms with E-state index in [9.17, 15) is 0 Å². The predicted molar refractivity (Wildman–Crippen MR) is 72.3 cm³/mol. The first kappa shape index (κ1) is 10.8. The molecule has 0 saturated heterocycles. The molecular weight excluding hydrogens is 254 g/mol. The van der Waals surface area contributed by atoms with Crippen molar-refractivity contribution < 1.29 is 0 Å². The van der Waals surface area contributed by atoms with E-state index in [0.29, 0.717) is 10.9 Å². The minimum atomic E-state index is 0.373. The maximum atomic E-state index is 6.08. The average molecular weight is 264 g/mol. The third-order valence-corrected chi connectivity index (χ3v) is 4.03. The predicted octanol–water partition coefficient (Wildman–Crippen LogP) is 3.40. The van der Waals surface area contributed by atoms with Crippen molar-refractivity contribution in [3.63, 3.8) is 0 Å². The van der Waals surface area contributed by atoms with Crippen molar-refractivity contribution in [2.24, 2.45) is 5.73 Å². The van der Waals surface area contributed by atoms with Crippen LogP contribution < -0.4 is 5.73 Å². The number of para-hydroxylation sites is 1. The monoisotopic (exact) mass is 263 g/mol. The highest BCUT2D eigenvalue weighted by Gasteiger charge is 2.12. The molecular formula is C12H10ClN3S. The van der Waals surface area contributed by atoms with Gasteiger partial charge in [0.2, 0.25) is 0 Å².